The van der Waals surface area contributed by atoms with E-state index in [-0.39, 0.29) is 6.10 Å². The number of rotatable bonds is 9. The van der Waals surface area contributed by atoms with Crippen LogP contribution in [-0.4, -0.2) is 25.4 Å². The van der Waals surface area contributed by atoms with Crippen LogP contribution >= 0.6 is 0 Å². The predicted molar refractivity (Wildman–Crippen MR) is 60.6 cm³/mol. The molecule has 0 aromatic rings. The molecule has 0 N–H and O–H groups in total. The maximum Gasteiger partial charge on any atom is 0.0784 e. The summed E-state index contributed by atoms with van der Waals surface area (Å²) < 4.78 is 11.2. The summed E-state index contributed by atoms with van der Waals surface area (Å²) in [4.78, 5) is 0. The topological polar surface area (TPSA) is 18.5 Å². The highest BCUT2D eigenvalue weighted by Gasteiger charge is 2.06. The van der Waals surface area contributed by atoms with Crippen molar-refractivity contribution in [3.8, 4) is 0 Å². The van der Waals surface area contributed by atoms with Gasteiger partial charge in [-0.25, -0.2) is 0 Å². The number of unbranched alkanes of at least 4 members (excludes halogenated alkanes) is 2. The molecule has 2 nitrogen and oxygen atoms in total. The molecule has 0 rings (SSSR count). The summed E-state index contributed by atoms with van der Waals surface area (Å²) in [7, 11) is 0. The molecule has 0 radical (unpaired) electrons. The van der Waals surface area contributed by atoms with E-state index in [1.807, 2.05) is 0 Å². The Labute approximate surface area is 89.0 Å². The first-order chi connectivity index (χ1) is 6.70. The minimum absolute atomic E-state index is 0.228. The van der Waals surface area contributed by atoms with Crippen molar-refractivity contribution >= 4 is 0 Å². The van der Waals surface area contributed by atoms with Gasteiger partial charge in [-0.05, 0) is 26.7 Å². The first kappa shape index (κ1) is 13.9. The van der Waals surface area contributed by atoms with E-state index in [0.717, 1.165) is 19.6 Å². The van der Waals surface area contributed by atoms with Gasteiger partial charge >= 0.3 is 0 Å². The van der Waals surface area contributed by atoms with Gasteiger partial charge in [-0.15, -0.1) is 0 Å². The molecule has 0 spiro atoms. The smallest absolute Gasteiger partial charge is 0.0784 e. The van der Waals surface area contributed by atoms with Crippen LogP contribution in [0.5, 0.6) is 0 Å². The first-order valence-corrected chi connectivity index (χ1v) is 5.93. The van der Waals surface area contributed by atoms with Crippen molar-refractivity contribution in [2.75, 3.05) is 13.2 Å². The molecule has 0 aromatic heterocycles. The Kier molecular flexibility index (Phi) is 9.42. The van der Waals surface area contributed by atoms with Crippen molar-refractivity contribution < 1.29 is 9.47 Å². The number of hydrogen-bond donors (Lipinski definition) is 0. The van der Waals surface area contributed by atoms with Crippen molar-refractivity contribution in [3.63, 3.8) is 0 Å². The van der Waals surface area contributed by atoms with Gasteiger partial charge in [0.2, 0.25) is 0 Å². The van der Waals surface area contributed by atoms with Crippen LogP contribution in [0.25, 0.3) is 0 Å². The molecular formula is C12H26O2. The van der Waals surface area contributed by atoms with Crippen molar-refractivity contribution in [1.29, 1.82) is 0 Å². The third kappa shape index (κ3) is 8.52. The lowest BCUT2D eigenvalue weighted by molar-refractivity contribution is -0.0427. The van der Waals surface area contributed by atoms with E-state index in [0.29, 0.717) is 6.10 Å². The lowest BCUT2D eigenvalue weighted by Crippen LogP contribution is -2.21. The van der Waals surface area contributed by atoms with Gasteiger partial charge in [0.25, 0.3) is 0 Å². The molecule has 0 saturated heterocycles. The van der Waals surface area contributed by atoms with Crippen LogP contribution in [-0.2, 0) is 9.47 Å². The molecule has 2 unspecified atom stereocenters. The summed E-state index contributed by atoms with van der Waals surface area (Å²) >= 11 is 0. The highest BCUT2D eigenvalue weighted by atomic mass is 16.5. The van der Waals surface area contributed by atoms with E-state index >= 15 is 0 Å². The van der Waals surface area contributed by atoms with Crippen molar-refractivity contribution in [1.82, 2.24) is 0 Å². The van der Waals surface area contributed by atoms with E-state index in [9.17, 15) is 0 Å². The molecule has 0 aliphatic rings. The number of hydrogen-bond acceptors (Lipinski definition) is 2. The maximum absolute atomic E-state index is 5.68. The summed E-state index contributed by atoms with van der Waals surface area (Å²) in [5.74, 6) is 0. The fraction of sp³-hybridized carbons (Fsp3) is 1.00. The molecule has 86 valence electrons. The zero-order valence-electron chi connectivity index (χ0n) is 10.2. The van der Waals surface area contributed by atoms with E-state index < -0.39 is 0 Å². The molecule has 0 aromatic carbocycles. The van der Waals surface area contributed by atoms with Gasteiger partial charge in [0.05, 0.1) is 18.8 Å². The molecule has 0 amide bonds. The monoisotopic (exact) mass is 202 g/mol. The summed E-state index contributed by atoms with van der Waals surface area (Å²) in [6.07, 6.45) is 5.34. The minimum atomic E-state index is 0.228. The Bertz CT molecular complexity index is 115. The van der Waals surface area contributed by atoms with Crippen molar-refractivity contribution in [3.05, 3.63) is 0 Å². The van der Waals surface area contributed by atoms with Crippen molar-refractivity contribution in [2.45, 2.75) is 65.6 Å². The molecule has 2 heteroatoms. The van der Waals surface area contributed by atoms with E-state index in [2.05, 4.69) is 27.7 Å². The van der Waals surface area contributed by atoms with E-state index in [4.69, 9.17) is 9.47 Å². The second-order valence-corrected chi connectivity index (χ2v) is 3.95. The second-order valence-electron chi connectivity index (χ2n) is 3.95. The van der Waals surface area contributed by atoms with Crippen LogP contribution in [0.1, 0.15) is 53.4 Å². The molecule has 0 fully saturated rings. The fourth-order valence-electron chi connectivity index (χ4n) is 1.24. The van der Waals surface area contributed by atoms with Crippen LogP contribution in [0.15, 0.2) is 0 Å². The lowest BCUT2D eigenvalue weighted by atomic mass is 10.3. The molecular weight excluding hydrogens is 176 g/mol. The van der Waals surface area contributed by atoms with Crippen LogP contribution in [0.2, 0.25) is 0 Å². The van der Waals surface area contributed by atoms with Crippen LogP contribution in [0.3, 0.4) is 0 Å². The predicted octanol–water partition coefficient (Wildman–Crippen LogP) is 3.40. The third-order valence-electron chi connectivity index (χ3n) is 2.28. The van der Waals surface area contributed by atoms with Crippen LogP contribution in [0, 0.1) is 0 Å². The molecule has 0 aliphatic heterocycles. The highest BCUT2D eigenvalue weighted by molar-refractivity contribution is 4.52. The molecule has 0 saturated carbocycles. The third-order valence-corrected chi connectivity index (χ3v) is 2.28. The summed E-state index contributed by atoms with van der Waals surface area (Å²) in [5.41, 5.74) is 0. The Balaban J connectivity index is 3.22. The van der Waals surface area contributed by atoms with Crippen LogP contribution in [0.4, 0.5) is 0 Å². The van der Waals surface area contributed by atoms with Gasteiger partial charge in [0.1, 0.15) is 0 Å². The second kappa shape index (κ2) is 9.47. The Morgan fingerprint density at radius 3 is 2.29 bits per heavy atom. The zero-order chi connectivity index (χ0) is 10.8. The molecule has 0 heterocycles. The van der Waals surface area contributed by atoms with Gasteiger partial charge in [0, 0.05) is 6.61 Å². The zero-order valence-corrected chi connectivity index (χ0v) is 10.2. The van der Waals surface area contributed by atoms with E-state index in [1.54, 1.807) is 0 Å². The normalized spacial score (nSPS) is 15.4. The standard InChI is InChI=1S/C12H26O2/c1-5-7-8-9-13-10-12(4)14-11(3)6-2/h11-12H,5-10H2,1-4H3. The van der Waals surface area contributed by atoms with E-state index in [1.165, 1.54) is 19.3 Å². The summed E-state index contributed by atoms with van der Waals surface area (Å²) in [6, 6.07) is 0. The van der Waals surface area contributed by atoms with Gasteiger partial charge in [0.15, 0.2) is 0 Å². The molecule has 0 aliphatic carbocycles. The average molecular weight is 202 g/mol. The van der Waals surface area contributed by atoms with Gasteiger partial charge in [-0.3, -0.25) is 0 Å². The molecule has 2 atom stereocenters. The highest BCUT2D eigenvalue weighted by Crippen LogP contribution is 2.02. The van der Waals surface area contributed by atoms with Crippen LogP contribution < -0.4 is 0 Å². The lowest BCUT2D eigenvalue weighted by Gasteiger charge is -2.17. The minimum Gasteiger partial charge on any atom is -0.379 e. The quantitative estimate of drug-likeness (QED) is 0.533. The number of ether oxygens (including phenoxy) is 2. The SMILES string of the molecule is CCCCCOCC(C)OC(C)CC. The molecule has 14 heavy (non-hydrogen) atoms. The van der Waals surface area contributed by atoms with Gasteiger partial charge in [-0.1, -0.05) is 26.7 Å². The van der Waals surface area contributed by atoms with Crippen molar-refractivity contribution in [2.24, 2.45) is 0 Å². The Morgan fingerprint density at radius 1 is 1.00 bits per heavy atom. The average Bonchev–Trinajstić information content (AvgIpc) is 2.17. The summed E-state index contributed by atoms with van der Waals surface area (Å²) in [5, 5.41) is 0. The van der Waals surface area contributed by atoms with Gasteiger partial charge < -0.3 is 9.47 Å². The Hall–Kier alpha value is -0.0800. The first-order valence-electron chi connectivity index (χ1n) is 5.93. The maximum atomic E-state index is 5.68. The molecule has 0 bridgehead atoms. The summed E-state index contributed by atoms with van der Waals surface area (Å²) in [6.45, 7) is 10.1. The fourth-order valence-corrected chi connectivity index (χ4v) is 1.24. The Morgan fingerprint density at radius 2 is 1.71 bits per heavy atom. The largest absolute Gasteiger partial charge is 0.379 e. The van der Waals surface area contributed by atoms with Gasteiger partial charge in [-0.2, -0.15) is 0 Å².